The van der Waals surface area contributed by atoms with Gasteiger partial charge < -0.3 is 15.5 Å². The fraction of sp³-hybridized carbons (Fsp3) is 0.917. The molecule has 0 aliphatic carbocycles. The maximum atomic E-state index is 11.8. The Labute approximate surface area is 104 Å². The van der Waals surface area contributed by atoms with Gasteiger partial charge in [-0.1, -0.05) is 13.3 Å². The first kappa shape index (κ1) is 12.6. The Balaban J connectivity index is 1.65. The molecule has 2 amide bonds. The highest BCUT2D eigenvalue weighted by Crippen LogP contribution is 2.09. The van der Waals surface area contributed by atoms with E-state index in [1.807, 2.05) is 4.90 Å². The lowest BCUT2D eigenvalue weighted by Gasteiger charge is -2.43. The van der Waals surface area contributed by atoms with Gasteiger partial charge in [0.05, 0.1) is 0 Å². The molecular weight excluding hydrogens is 216 g/mol. The standard InChI is InChI=1S/C12H24N4O/c1-2-3-4-14-12(17)16-7-5-15(6-8-16)11-9-13-10-11/h11,13H,2-10H2,1H3,(H,14,17). The molecule has 0 radical (unpaired) electrons. The number of amides is 2. The van der Waals surface area contributed by atoms with Crippen LogP contribution in [0.15, 0.2) is 0 Å². The van der Waals surface area contributed by atoms with Crippen molar-refractivity contribution < 1.29 is 4.79 Å². The van der Waals surface area contributed by atoms with Gasteiger partial charge in [0.2, 0.25) is 0 Å². The first-order valence-electron chi connectivity index (χ1n) is 6.79. The van der Waals surface area contributed by atoms with Crippen molar-refractivity contribution in [3.8, 4) is 0 Å². The number of hydrogen-bond acceptors (Lipinski definition) is 3. The van der Waals surface area contributed by atoms with Crippen LogP contribution in [-0.4, -0.2) is 67.7 Å². The number of piperazine rings is 1. The first-order valence-corrected chi connectivity index (χ1v) is 6.79. The Bertz CT molecular complexity index is 247. The summed E-state index contributed by atoms with van der Waals surface area (Å²) in [6.45, 7) is 8.95. The third-order valence-corrected chi connectivity index (χ3v) is 3.68. The van der Waals surface area contributed by atoms with Gasteiger partial charge in [0, 0.05) is 51.9 Å². The van der Waals surface area contributed by atoms with Gasteiger partial charge in [-0.15, -0.1) is 0 Å². The summed E-state index contributed by atoms with van der Waals surface area (Å²) in [6.07, 6.45) is 2.20. The van der Waals surface area contributed by atoms with Crippen LogP contribution < -0.4 is 10.6 Å². The molecule has 98 valence electrons. The minimum atomic E-state index is 0.116. The molecule has 0 unspecified atom stereocenters. The van der Waals surface area contributed by atoms with E-state index in [1.165, 1.54) is 0 Å². The third kappa shape index (κ3) is 3.33. The summed E-state index contributed by atoms with van der Waals surface area (Å²) in [5.41, 5.74) is 0. The van der Waals surface area contributed by atoms with E-state index in [1.54, 1.807) is 0 Å². The highest BCUT2D eigenvalue weighted by molar-refractivity contribution is 5.74. The molecule has 0 spiro atoms. The lowest BCUT2D eigenvalue weighted by Crippen LogP contribution is -2.62. The van der Waals surface area contributed by atoms with Crippen LogP contribution >= 0.6 is 0 Å². The van der Waals surface area contributed by atoms with Crippen molar-refractivity contribution in [2.45, 2.75) is 25.8 Å². The van der Waals surface area contributed by atoms with Gasteiger partial charge in [-0.3, -0.25) is 4.90 Å². The molecule has 0 bridgehead atoms. The number of unbranched alkanes of at least 4 members (excludes halogenated alkanes) is 1. The second kappa shape index (κ2) is 6.21. The quantitative estimate of drug-likeness (QED) is 0.685. The molecule has 5 heteroatoms. The number of hydrogen-bond donors (Lipinski definition) is 2. The van der Waals surface area contributed by atoms with Gasteiger partial charge in [0.15, 0.2) is 0 Å². The van der Waals surface area contributed by atoms with Crippen LogP contribution in [0, 0.1) is 0 Å². The van der Waals surface area contributed by atoms with Crippen LogP contribution in [0.25, 0.3) is 0 Å². The van der Waals surface area contributed by atoms with E-state index in [0.717, 1.165) is 58.7 Å². The van der Waals surface area contributed by atoms with Gasteiger partial charge in [-0.25, -0.2) is 4.79 Å². The fourth-order valence-corrected chi connectivity index (χ4v) is 2.31. The molecule has 17 heavy (non-hydrogen) atoms. The number of nitrogens with zero attached hydrogens (tertiary/aromatic N) is 2. The van der Waals surface area contributed by atoms with Crippen LogP contribution in [0.1, 0.15) is 19.8 Å². The molecule has 2 fully saturated rings. The molecule has 2 rings (SSSR count). The molecule has 2 N–H and O–H groups in total. The van der Waals surface area contributed by atoms with Crippen molar-refractivity contribution in [3.63, 3.8) is 0 Å². The van der Waals surface area contributed by atoms with E-state index >= 15 is 0 Å². The van der Waals surface area contributed by atoms with E-state index in [0.29, 0.717) is 6.04 Å². The minimum Gasteiger partial charge on any atom is -0.338 e. The smallest absolute Gasteiger partial charge is 0.317 e. The van der Waals surface area contributed by atoms with Gasteiger partial charge in [0.1, 0.15) is 0 Å². The normalized spacial score (nSPS) is 22.3. The number of nitrogens with one attached hydrogen (secondary N) is 2. The average molecular weight is 240 g/mol. The zero-order chi connectivity index (χ0) is 12.1. The van der Waals surface area contributed by atoms with Crippen molar-refractivity contribution in [2.24, 2.45) is 0 Å². The second-order valence-electron chi connectivity index (χ2n) is 4.92. The predicted octanol–water partition coefficient (Wildman–Crippen LogP) is 0.0855. The second-order valence-corrected chi connectivity index (χ2v) is 4.92. The summed E-state index contributed by atoms with van der Waals surface area (Å²) in [5, 5.41) is 6.27. The molecule has 2 saturated heterocycles. The van der Waals surface area contributed by atoms with Crippen LogP contribution in [-0.2, 0) is 0 Å². The zero-order valence-corrected chi connectivity index (χ0v) is 10.7. The summed E-state index contributed by atoms with van der Waals surface area (Å²) in [5.74, 6) is 0. The zero-order valence-electron chi connectivity index (χ0n) is 10.7. The Kier molecular flexibility index (Phi) is 4.62. The van der Waals surface area contributed by atoms with Gasteiger partial charge in [-0.2, -0.15) is 0 Å². The molecule has 2 aliphatic heterocycles. The van der Waals surface area contributed by atoms with Crippen LogP contribution in [0.2, 0.25) is 0 Å². The van der Waals surface area contributed by atoms with Crippen molar-refractivity contribution in [2.75, 3.05) is 45.8 Å². The number of carbonyl (C=O) groups is 1. The predicted molar refractivity (Wildman–Crippen MR) is 68.1 cm³/mol. The van der Waals surface area contributed by atoms with E-state index in [4.69, 9.17) is 0 Å². The average Bonchev–Trinajstić information content (AvgIpc) is 2.28. The van der Waals surface area contributed by atoms with E-state index < -0.39 is 0 Å². The Morgan fingerprint density at radius 1 is 1.29 bits per heavy atom. The van der Waals surface area contributed by atoms with Crippen molar-refractivity contribution in [1.82, 2.24) is 20.4 Å². The van der Waals surface area contributed by atoms with Gasteiger partial charge >= 0.3 is 6.03 Å². The first-order chi connectivity index (χ1) is 8.31. The van der Waals surface area contributed by atoms with Crippen LogP contribution in [0.5, 0.6) is 0 Å². The number of urea groups is 1. The summed E-state index contributed by atoms with van der Waals surface area (Å²) in [4.78, 5) is 16.3. The highest BCUT2D eigenvalue weighted by Gasteiger charge is 2.28. The van der Waals surface area contributed by atoms with Crippen LogP contribution in [0.4, 0.5) is 4.79 Å². The lowest BCUT2D eigenvalue weighted by molar-refractivity contribution is 0.0844. The monoisotopic (exact) mass is 240 g/mol. The van der Waals surface area contributed by atoms with E-state index in [9.17, 15) is 4.79 Å². The summed E-state index contributed by atoms with van der Waals surface area (Å²) in [7, 11) is 0. The van der Waals surface area contributed by atoms with E-state index in [-0.39, 0.29) is 6.03 Å². The molecule has 0 aromatic rings. The Morgan fingerprint density at radius 3 is 2.53 bits per heavy atom. The van der Waals surface area contributed by atoms with Crippen molar-refractivity contribution in [1.29, 1.82) is 0 Å². The lowest BCUT2D eigenvalue weighted by atomic mass is 10.1. The Morgan fingerprint density at radius 2 is 2.00 bits per heavy atom. The Hall–Kier alpha value is -0.810. The number of rotatable bonds is 4. The SMILES string of the molecule is CCCCNC(=O)N1CCN(C2CNC2)CC1. The molecule has 5 nitrogen and oxygen atoms in total. The molecular formula is C12H24N4O. The molecule has 0 atom stereocenters. The van der Waals surface area contributed by atoms with Crippen LogP contribution in [0.3, 0.4) is 0 Å². The summed E-state index contributed by atoms with van der Waals surface area (Å²) in [6, 6.07) is 0.824. The third-order valence-electron chi connectivity index (χ3n) is 3.68. The van der Waals surface area contributed by atoms with Gasteiger partial charge in [-0.05, 0) is 6.42 Å². The highest BCUT2D eigenvalue weighted by atomic mass is 16.2. The molecule has 0 aromatic carbocycles. The van der Waals surface area contributed by atoms with Crippen molar-refractivity contribution in [3.05, 3.63) is 0 Å². The molecule has 2 heterocycles. The van der Waals surface area contributed by atoms with Gasteiger partial charge in [0.25, 0.3) is 0 Å². The largest absolute Gasteiger partial charge is 0.338 e. The molecule has 0 saturated carbocycles. The summed E-state index contributed by atoms with van der Waals surface area (Å²) >= 11 is 0. The number of carbonyl (C=O) groups excluding carboxylic acids is 1. The fourth-order valence-electron chi connectivity index (χ4n) is 2.31. The minimum absolute atomic E-state index is 0.116. The maximum Gasteiger partial charge on any atom is 0.317 e. The molecule has 0 aromatic heterocycles. The molecule has 2 aliphatic rings. The topological polar surface area (TPSA) is 47.6 Å². The summed E-state index contributed by atoms with van der Waals surface area (Å²) < 4.78 is 0. The maximum absolute atomic E-state index is 11.8. The van der Waals surface area contributed by atoms with Crippen molar-refractivity contribution >= 4 is 6.03 Å². The van der Waals surface area contributed by atoms with E-state index in [2.05, 4.69) is 22.5 Å².